The normalized spacial score (nSPS) is 11.8. The summed E-state index contributed by atoms with van der Waals surface area (Å²) < 4.78 is 12.7. The van der Waals surface area contributed by atoms with Crippen molar-refractivity contribution in [2.24, 2.45) is 0 Å². The van der Waals surface area contributed by atoms with Gasteiger partial charge < -0.3 is 14.5 Å². The molecule has 0 radical (unpaired) electrons. The Morgan fingerprint density at radius 1 is 1.12 bits per heavy atom. The summed E-state index contributed by atoms with van der Waals surface area (Å²) in [5.41, 5.74) is 2.72. The van der Waals surface area contributed by atoms with Crippen molar-refractivity contribution in [1.29, 1.82) is 0 Å². The van der Waals surface area contributed by atoms with E-state index >= 15 is 0 Å². The number of aryl methyl sites for hydroxylation is 1. The maximum absolute atomic E-state index is 12.5. The summed E-state index contributed by atoms with van der Waals surface area (Å²) in [6.07, 6.45) is 1.64. The molecule has 164 valence electrons. The first kappa shape index (κ1) is 21.7. The first-order valence-corrected chi connectivity index (χ1v) is 11.2. The molecule has 0 aliphatic rings. The van der Waals surface area contributed by atoms with Gasteiger partial charge in [-0.25, -0.2) is 0 Å². The number of carbonyl (C=O) groups excluding carboxylic acids is 1. The van der Waals surface area contributed by atoms with E-state index in [4.69, 9.17) is 9.15 Å². The van der Waals surface area contributed by atoms with Gasteiger partial charge >= 0.3 is 0 Å². The summed E-state index contributed by atoms with van der Waals surface area (Å²) in [6, 6.07) is 19.2. The zero-order valence-electron chi connectivity index (χ0n) is 18.1. The number of hydrogen-bond acceptors (Lipinski definition) is 6. The third kappa shape index (κ3) is 4.70. The zero-order chi connectivity index (χ0) is 22.5. The molecule has 4 aromatic rings. The summed E-state index contributed by atoms with van der Waals surface area (Å²) in [4.78, 5) is 12.5. The number of amides is 1. The van der Waals surface area contributed by atoms with Crippen LogP contribution in [0.4, 0.5) is 5.69 Å². The second-order valence-electron chi connectivity index (χ2n) is 7.22. The predicted molar refractivity (Wildman–Crippen MR) is 125 cm³/mol. The highest BCUT2D eigenvalue weighted by Gasteiger charge is 2.23. The highest BCUT2D eigenvalue weighted by atomic mass is 32.2. The summed E-state index contributed by atoms with van der Waals surface area (Å²) in [5.74, 6) is 2.31. The average Bonchev–Trinajstić information content (AvgIpc) is 3.44. The van der Waals surface area contributed by atoms with Gasteiger partial charge in [-0.3, -0.25) is 9.36 Å². The second-order valence-corrected chi connectivity index (χ2v) is 8.16. The van der Waals surface area contributed by atoms with Crippen LogP contribution in [0.15, 0.2) is 76.5 Å². The van der Waals surface area contributed by atoms with Crippen molar-refractivity contribution >= 4 is 23.4 Å². The standard InChI is InChI=1S/C24H24N4O3S/c1-16(18-7-5-4-6-8-18)28-23(21-13-14-31-17(21)2)26-27-24(28)32-15-22(29)25-19-9-11-20(30-3)12-10-19/h4-14,16H,15H2,1-3H3,(H,25,29). The number of rotatable bonds is 8. The largest absolute Gasteiger partial charge is 0.497 e. The number of hydrogen-bond donors (Lipinski definition) is 1. The Morgan fingerprint density at radius 2 is 1.88 bits per heavy atom. The Morgan fingerprint density at radius 3 is 2.53 bits per heavy atom. The number of aromatic nitrogens is 3. The number of carbonyl (C=O) groups is 1. The lowest BCUT2D eigenvalue weighted by Gasteiger charge is -2.18. The molecule has 7 nitrogen and oxygen atoms in total. The maximum atomic E-state index is 12.5. The topological polar surface area (TPSA) is 82.2 Å². The zero-order valence-corrected chi connectivity index (χ0v) is 18.9. The Kier molecular flexibility index (Phi) is 6.61. The highest BCUT2D eigenvalue weighted by Crippen LogP contribution is 2.32. The molecule has 4 rings (SSSR count). The van der Waals surface area contributed by atoms with Crippen molar-refractivity contribution in [1.82, 2.24) is 14.8 Å². The van der Waals surface area contributed by atoms with Gasteiger partial charge in [-0.2, -0.15) is 0 Å². The fraction of sp³-hybridized carbons (Fsp3) is 0.208. The van der Waals surface area contributed by atoms with E-state index in [2.05, 4.69) is 39.1 Å². The molecule has 8 heteroatoms. The quantitative estimate of drug-likeness (QED) is 0.373. The van der Waals surface area contributed by atoms with Gasteiger partial charge in [0.25, 0.3) is 0 Å². The molecule has 0 aliphatic heterocycles. The average molecular weight is 449 g/mol. The number of nitrogens with one attached hydrogen (secondary N) is 1. The van der Waals surface area contributed by atoms with E-state index in [0.29, 0.717) is 16.7 Å². The van der Waals surface area contributed by atoms with Crippen molar-refractivity contribution in [2.75, 3.05) is 18.2 Å². The highest BCUT2D eigenvalue weighted by molar-refractivity contribution is 7.99. The van der Waals surface area contributed by atoms with Crippen LogP contribution in [0.25, 0.3) is 11.4 Å². The van der Waals surface area contributed by atoms with Gasteiger partial charge in [0.1, 0.15) is 11.5 Å². The van der Waals surface area contributed by atoms with E-state index < -0.39 is 0 Å². The van der Waals surface area contributed by atoms with Crippen LogP contribution in [0.5, 0.6) is 5.75 Å². The van der Waals surface area contributed by atoms with Gasteiger partial charge in [-0.1, -0.05) is 42.1 Å². The molecule has 1 unspecified atom stereocenters. The van der Waals surface area contributed by atoms with E-state index in [1.54, 1.807) is 37.6 Å². The number of thioether (sulfide) groups is 1. The van der Waals surface area contributed by atoms with Crippen LogP contribution < -0.4 is 10.1 Å². The number of ether oxygens (including phenoxy) is 1. The molecule has 0 fully saturated rings. The molecule has 1 amide bonds. The Bertz CT molecular complexity index is 1190. The van der Waals surface area contributed by atoms with Crippen molar-refractivity contribution in [3.8, 4) is 17.1 Å². The maximum Gasteiger partial charge on any atom is 0.234 e. The molecule has 0 spiro atoms. The summed E-state index contributed by atoms with van der Waals surface area (Å²) in [6.45, 7) is 4.00. The predicted octanol–water partition coefficient (Wildman–Crippen LogP) is 5.20. The molecule has 0 aliphatic carbocycles. The molecule has 0 saturated carbocycles. The lowest BCUT2D eigenvalue weighted by atomic mass is 10.1. The van der Waals surface area contributed by atoms with Crippen LogP contribution in [0.2, 0.25) is 0 Å². The van der Waals surface area contributed by atoms with Gasteiger partial charge in [-0.15, -0.1) is 10.2 Å². The molecule has 0 bridgehead atoms. The summed E-state index contributed by atoms with van der Waals surface area (Å²) >= 11 is 1.35. The number of nitrogens with zero attached hydrogens (tertiary/aromatic N) is 3. The minimum Gasteiger partial charge on any atom is -0.497 e. The van der Waals surface area contributed by atoms with Gasteiger partial charge in [0.2, 0.25) is 5.91 Å². The molecule has 2 aromatic carbocycles. The van der Waals surface area contributed by atoms with Gasteiger partial charge in [0.15, 0.2) is 11.0 Å². The smallest absolute Gasteiger partial charge is 0.234 e. The second kappa shape index (κ2) is 9.74. The molecule has 2 aromatic heterocycles. The minimum absolute atomic E-state index is 0.0253. The molecule has 0 saturated heterocycles. The van der Waals surface area contributed by atoms with Crippen LogP contribution in [-0.4, -0.2) is 33.5 Å². The molecule has 32 heavy (non-hydrogen) atoms. The molecular weight excluding hydrogens is 424 g/mol. The van der Waals surface area contributed by atoms with Gasteiger partial charge in [0.05, 0.1) is 30.7 Å². The number of methoxy groups -OCH3 is 1. The first-order chi connectivity index (χ1) is 15.6. The minimum atomic E-state index is -0.122. The Labute approximate surface area is 190 Å². The lowest BCUT2D eigenvalue weighted by Crippen LogP contribution is -2.15. The van der Waals surface area contributed by atoms with Crippen molar-refractivity contribution < 1.29 is 13.9 Å². The molecule has 1 N–H and O–H groups in total. The van der Waals surface area contributed by atoms with Gasteiger partial charge in [0, 0.05) is 5.69 Å². The molecular formula is C24H24N4O3S. The fourth-order valence-corrected chi connectivity index (χ4v) is 4.22. The van der Waals surface area contributed by atoms with Crippen LogP contribution in [0, 0.1) is 6.92 Å². The van der Waals surface area contributed by atoms with Crippen molar-refractivity contribution in [3.05, 3.63) is 78.3 Å². The van der Waals surface area contributed by atoms with Gasteiger partial charge in [-0.05, 0) is 49.7 Å². The molecule has 1 atom stereocenters. The third-order valence-corrected chi connectivity index (χ3v) is 6.08. The van der Waals surface area contributed by atoms with Crippen molar-refractivity contribution in [2.45, 2.75) is 25.0 Å². The lowest BCUT2D eigenvalue weighted by molar-refractivity contribution is -0.113. The summed E-state index contributed by atoms with van der Waals surface area (Å²) in [5, 5.41) is 12.4. The van der Waals surface area contributed by atoms with Crippen LogP contribution >= 0.6 is 11.8 Å². The van der Waals surface area contributed by atoms with E-state index in [1.165, 1.54) is 11.8 Å². The fourth-order valence-electron chi connectivity index (χ4n) is 3.41. The number of benzene rings is 2. The third-order valence-electron chi connectivity index (χ3n) is 5.14. The number of furan rings is 1. The Hall–Kier alpha value is -3.52. The van der Waals surface area contributed by atoms with E-state index in [1.807, 2.05) is 31.2 Å². The Balaban J connectivity index is 1.56. The van der Waals surface area contributed by atoms with E-state index in [-0.39, 0.29) is 17.7 Å². The van der Waals surface area contributed by atoms with Crippen LogP contribution in [-0.2, 0) is 4.79 Å². The van der Waals surface area contributed by atoms with Crippen LogP contribution in [0.3, 0.4) is 0 Å². The molecule has 2 heterocycles. The SMILES string of the molecule is COc1ccc(NC(=O)CSc2nnc(-c3ccoc3C)n2C(C)c2ccccc2)cc1. The van der Waals surface area contributed by atoms with Crippen LogP contribution in [0.1, 0.15) is 24.3 Å². The van der Waals surface area contributed by atoms with Crippen molar-refractivity contribution in [3.63, 3.8) is 0 Å². The van der Waals surface area contributed by atoms with E-state index in [9.17, 15) is 4.79 Å². The summed E-state index contributed by atoms with van der Waals surface area (Å²) in [7, 11) is 1.61. The monoisotopic (exact) mass is 448 g/mol. The van der Waals surface area contributed by atoms with E-state index in [0.717, 1.165) is 22.6 Å². The number of anilines is 1. The first-order valence-electron chi connectivity index (χ1n) is 10.2.